The first kappa shape index (κ1) is 12.6. The van der Waals surface area contributed by atoms with Crippen LogP contribution in [0, 0.1) is 6.92 Å². The van der Waals surface area contributed by atoms with Gasteiger partial charge in [-0.2, -0.15) is 0 Å². The van der Waals surface area contributed by atoms with Crippen LogP contribution in [0.2, 0.25) is 0 Å². The lowest BCUT2D eigenvalue weighted by Crippen LogP contribution is -2.09. The Bertz CT molecular complexity index is 493. The third-order valence-electron chi connectivity index (χ3n) is 2.73. The number of aromatic nitrogens is 2. The summed E-state index contributed by atoms with van der Waals surface area (Å²) in [5.74, 6) is 0.872. The van der Waals surface area contributed by atoms with Gasteiger partial charge in [-0.25, -0.2) is 4.98 Å². The molecule has 0 aliphatic carbocycles. The lowest BCUT2D eigenvalue weighted by molar-refractivity contribution is 0.197. The van der Waals surface area contributed by atoms with Crippen LogP contribution >= 0.6 is 0 Å². The van der Waals surface area contributed by atoms with Gasteiger partial charge < -0.3 is 10.1 Å². The first-order valence-corrected chi connectivity index (χ1v) is 6.14. The van der Waals surface area contributed by atoms with Crippen molar-refractivity contribution in [3.63, 3.8) is 0 Å². The summed E-state index contributed by atoms with van der Waals surface area (Å²) in [4.78, 5) is 4.33. The molecule has 96 valence electrons. The van der Waals surface area contributed by atoms with E-state index in [9.17, 15) is 0 Å². The van der Waals surface area contributed by atoms with Crippen molar-refractivity contribution in [2.75, 3.05) is 25.6 Å². The average molecular weight is 245 g/mol. The van der Waals surface area contributed by atoms with Crippen molar-refractivity contribution in [1.82, 2.24) is 9.55 Å². The minimum absolute atomic E-state index is 0.762. The van der Waals surface area contributed by atoms with E-state index in [1.807, 2.05) is 6.20 Å². The van der Waals surface area contributed by atoms with Gasteiger partial charge in [-0.3, -0.25) is 4.57 Å². The van der Waals surface area contributed by atoms with Crippen molar-refractivity contribution in [3.8, 4) is 5.69 Å². The second-order valence-electron chi connectivity index (χ2n) is 4.23. The first-order valence-electron chi connectivity index (χ1n) is 6.14. The lowest BCUT2D eigenvalue weighted by atomic mass is 10.2. The number of benzene rings is 1. The summed E-state index contributed by atoms with van der Waals surface area (Å²) in [6.45, 7) is 3.71. The quantitative estimate of drug-likeness (QED) is 0.795. The van der Waals surface area contributed by atoms with Crippen LogP contribution in [0.4, 0.5) is 5.95 Å². The van der Waals surface area contributed by atoms with Crippen LogP contribution in [0.5, 0.6) is 0 Å². The highest BCUT2D eigenvalue weighted by Crippen LogP contribution is 2.15. The number of hydrogen-bond acceptors (Lipinski definition) is 3. The molecule has 4 heteroatoms. The maximum absolute atomic E-state index is 5.02. The molecule has 1 N–H and O–H groups in total. The summed E-state index contributed by atoms with van der Waals surface area (Å²) in [6, 6.07) is 8.36. The molecule has 1 heterocycles. The molecule has 0 fully saturated rings. The van der Waals surface area contributed by atoms with Gasteiger partial charge in [0.15, 0.2) is 0 Å². The van der Waals surface area contributed by atoms with Crippen LogP contribution in [-0.2, 0) is 4.74 Å². The molecule has 2 rings (SSSR count). The zero-order valence-electron chi connectivity index (χ0n) is 10.9. The number of rotatable bonds is 6. The maximum Gasteiger partial charge on any atom is 0.207 e. The Morgan fingerprint density at radius 3 is 3.06 bits per heavy atom. The van der Waals surface area contributed by atoms with E-state index in [0.717, 1.165) is 31.2 Å². The molecular formula is C14H19N3O. The van der Waals surface area contributed by atoms with Crippen molar-refractivity contribution < 1.29 is 4.74 Å². The standard InChI is InChI=1S/C14H19N3O/c1-12-5-3-6-13(11-12)17-9-8-16-14(17)15-7-4-10-18-2/h3,5-6,8-9,11H,4,7,10H2,1-2H3,(H,15,16). The van der Waals surface area contributed by atoms with E-state index >= 15 is 0 Å². The molecule has 0 unspecified atom stereocenters. The van der Waals surface area contributed by atoms with Gasteiger partial charge in [-0.05, 0) is 31.0 Å². The van der Waals surface area contributed by atoms with Crippen LogP contribution < -0.4 is 5.32 Å². The monoisotopic (exact) mass is 245 g/mol. The van der Waals surface area contributed by atoms with E-state index in [2.05, 4.69) is 46.1 Å². The number of aryl methyl sites for hydroxylation is 1. The van der Waals surface area contributed by atoms with Gasteiger partial charge in [0.05, 0.1) is 0 Å². The van der Waals surface area contributed by atoms with E-state index in [1.165, 1.54) is 5.56 Å². The molecule has 18 heavy (non-hydrogen) atoms. The fourth-order valence-electron chi connectivity index (χ4n) is 1.84. The van der Waals surface area contributed by atoms with Gasteiger partial charge in [-0.1, -0.05) is 12.1 Å². The van der Waals surface area contributed by atoms with E-state index in [4.69, 9.17) is 4.74 Å². The molecule has 2 aromatic rings. The summed E-state index contributed by atoms with van der Waals surface area (Å²) in [5.41, 5.74) is 2.37. The molecule has 0 amide bonds. The van der Waals surface area contributed by atoms with Crippen molar-refractivity contribution in [3.05, 3.63) is 42.2 Å². The molecule has 0 bridgehead atoms. The van der Waals surface area contributed by atoms with Crippen LogP contribution in [-0.4, -0.2) is 29.8 Å². The molecule has 1 aromatic carbocycles. The highest BCUT2D eigenvalue weighted by molar-refractivity contribution is 5.43. The topological polar surface area (TPSA) is 39.1 Å². The number of methoxy groups -OCH3 is 1. The Morgan fingerprint density at radius 1 is 1.39 bits per heavy atom. The maximum atomic E-state index is 5.02. The third kappa shape index (κ3) is 3.11. The van der Waals surface area contributed by atoms with E-state index in [1.54, 1.807) is 13.3 Å². The molecular weight excluding hydrogens is 226 g/mol. The number of ether oxygens (including phenoxy) is 1. The lowest BCUT2D eigenvalue weighted by Gasteiger charge is -2.10. The van der Waals surface area contributed by atoms with Crippen molar-refractivity contribution >= 4 is 5.95 Å². The SMILES string of the molecule is COCCCNc1nccn1-c1cccc(C)c1. The average Bonchev–Trinajstić information content (AvgIpc) is 2.83. The Kier molecular flexibility index (Phi) is 4.36. The van der Waals surface area contributed by atoms with Crippen molar-refractivity contribution in [2.45, 2.75) is 13.3 Å². The second kappa shape index (κ2) is 6.21. The fraction of sp³-hybridized carbons (Fsp3) is 0.357. The molecule has 0 aliphatic rings. The number of nitrogens with zero attached hydrogens (tertiary/aromatic N) is 2. The zero-order valence-corrected chi connectivity index (χ0v) is 10.9. The Balaban J connectivity index is 2.08. The second-order valence-corrected chi connectivity index (χ2v) is 4.23. The normalized spacial score (nSPS) is 10.6. The van der Waals surface area contributed by atoms with Gasteiger partial charge in [0.1, 0.15) is 0 Å². The van der Waals surface area contributed by atoms with Gasteiger partial charge in [0.25, 0.3) is 0 Å². The first-order chi connectivity index (χ1) is 8.81. The summed E-state index contributed by atoms with van der Waals surface area (Å²) >= 11 is 0. The molecule has 0 saturated heterocycles. The van der Waals surface area contributed by atoms with Gasteiger partial charge >= 0.3 is 0 Å². The summed E-state index contributed by atoms with van der Waals surface area (Å²) in [7, 11) is 1.72. The number of nitrogens with one attached hydrogen (secondary N) is 1. The smallest absolute Gasteiger partial charge is 0.207 e. The molecule has 0 spiro atoms. The van der Waals surface area contributed by atoms with Crippen LogP contribution in [0.15, 0.2) is 36.7 Å². The Hall–Kier alpha value is -1.81. The van der Waals surface area contributed by atoms with Crippen LogP contribution in [0.3, 0.4) is 0 Å². The van der Waals surface area contributed by atoms with Crippen molar-refractivity contribution in [2.24, 2.45) is 0 Å². The minimum atomic E-state index is 0.762. The largest absolute Gasteiger partial charge is 0.385 e. The van der Waals surface area contributed by atoms with E-state index < -0.39 is 0 Å². The predicted octanol–water partition coefficient (Wildman–Crippen LogP) is 2.63. The predicted molar refractivity (Wildman–Crippen MR) is 73.3 cm³/mol. The summed E-state index contributed by atoms with van der Waals surface area (Å²) in [6.07, 6.45) is 4.74. The van der Waals surface area contributed by atoms with Gasteiger partial charge in [0.2, 0.25) is 5.95 Å². The molecule has 0 radical (unpaired) electrons. The Labute approximate surface area is 108 Å². The van der Waals surface area contributed by atoms with E-state index in [-0.39, 0.29) is 0 Å². The number of anilines is 1. The molecule has 0 atom stereocenters. The number of hydrogen-bond donors (Lipinski definition) is 1. The van der Waals surface area contributed by atoms with E-state index in [0.29, 0.717) is 0 Å². The Morgan fingerprint density at radius 2 is 2.28 bits per heavy atom. The molecule has 1 aromatic heterocycles. The van der Waals surface area contributed by atoms with Gasteiger partial charge in [0, 0.05) is 38.3 Å². The van der Waals surface area contributed by atoms with Gasteiger partial charge in [-0.15, -0.1) is 0 Å². The third-order valence-corrected chi connectivity index (χ3v) is 2.73. The van der Waals surface area contributed by atoms with Crippen LogP contribution in [0.25, 0.3) is 5.69 Å². The van der Waals surface area contributed by atoms with Crippen molar-refractivity contribution in [1.29, 1.82) is 0 Å². The molecule has 0 aliphatic heterocycles. The summed E-state index contributed by atoms with van der Waals surface area (Å²) in [5, 5.41) is 3.32. The molecule has 0 saturated carbocycles. The summed E-state index contributed by atoms with van der Waals surface area (Å²) < 4.78 is 7.08. The minimum Gasteiger partial charge on any atom is -0.385 e. The fourth-order valence-corrected chi connectivity index (χ4v) is 1.84. The molecule has 4 nitrogen and oxygen atoms in total. The van der Waals surface area contributed by atoms with Crippen LogP contribution in [0.1, 0.15) is 12.0 Å². The highest BCUT2D eigenvalue weighted by atomic mass is 16.5. The zero-order chi connectivity index (χ0) is 12.8. The number of imidazole rings is 1. The highest BCUT2D eigenvalue weighted by Gasteiger charge is 2.03.